The number of hydrogen-bond acceptors (Lipinski definition) is 5. The summed E-state index contributed by atoms with van der Waals surface area (Å²) in [5.74, 6) is 1.36. The van der Waals surface area contributed by atoms with E-state index in [0.717, 1.165) is 22.7 Å². The third-order valence-corrected chi connectivity index (χ3v) is 4.99. The molecule has 21 heavy (non-hydrogen) atoms. The molecular weight excluding hydrogens is 308 g/mol. The van der Waals surface area contributed by atoms with Gasteiger partial charge in [-0.25, -0.2) is 4.98 Å². The summed E-state index contributed by atoms with van der Waals surface area (Å²) in [6.45, 7) is 5.21. The number of hydrogen-bond donors (Lipinski definition) is 1. The zero-order valence-electron chi connectivity index (χ0n) is 12.0. The van der Waals surface area contributed by atoms with Crippen molar-refractivity contribution in [2.75, 3.05) is 6.79 Å². The Hall–Kier alpha value is -1.30. The Morgan fingerprint density at radius 1 is 1.43 bits per heavy atom. The van der Waals surface area contributed by atoms with Gasteiger partial charge in [-0.3, -0.25) is 0 Å². The smallest absolute Gasteiger partial charge is 0.231 e. The van der Waals surface area contributed by atoms with Gasteiger partial charge in [0.15, 0.2) is 11.5 Å². The van der Waals surface area contributed by atoms with Gasteiger partial charge in [-0.2, -0.15) is 0 Å². The Balaban J connectivity index is 1.66. The van der Waals surface area contributed by atoms with Crippen molar-refractivity contribution < 1.29 is 9.47 Å². The Bertz CT molecular complexity index is 645. The van der Waals surface area contributed by atoms with Crippen LogP contribution in [0.5, 0.6) is 11.5 Å². The molecule has 3 rings (SSSR count). The number of rotatable bonds is 5. The number of aromatic nitrogens is 1. The zero-order valence-corrected chi connectivity index (χ0v) is 13.6. The Labute approximate surface area is 133 Å². The van der Waals surface area contributed by atoms with Crippen LogP contribution in [0.3, 0.4) is 0 Å². The van der Waals surface area contributed by atoms with Gasteiger partial charge in [-0.05, 0) is 31.0 Å². The van der Waals surface area contributed by atoms with Crippen LogP contribution < -0.4 is 14.8 Å². The minimum Gasteiger partial charge on any atom is -0.454 e. The first-order valence-electron chi connectivity index (χ1n) is 6.93. The number of fused-ring (bicyclic) bond motifs is 1. The Morgan fingerprint density at radius 3 is 3.05 bits per heavy atom. The highest BCUT2D eigenvalue weighted by molar-refractivity contribution is 7.11. The highest BCUT2D eigenvalue weighted by atomic mass is 35.5. The monoisotopic (exact) mass is 324 g/mol. The molecule has 1 aromatic heterocycles. The summed E-state index contributed by atoms with van der Waals surface area (Å²) < 4.78 is 10.7. The van der Waals surface area contributed by atoms with Gasteiger partial charge >= 0.3 is 0 Å². The quantitative estimate of drug-likeness (QED) is 0.904. The number of aryl methyl sites for hydroxylation is 1. The average molecular weight is 325 g/mol. The van der Waals surface area contributed by atoms with Crippen LogP contribution in [0, 0.1) is 0 Å². The first kappa shape index (κ1) is 14.6. The molecular formula is C15H17ClN2O2S. The number of ether oxygens (including phenoxy) is 2. The lowest BCUT2D eigenvalue weighted by Crippen LogP contribution is -2.17. The van der Waals surface area contributed by atoms with Crippen molar-refractivity contribution >= 4 is 22.9 Å². The molecule has 0 spiro atoms. The predicted molar refractivity (Wildman–Crippen MR) is 84.3 cm³/mol. The van der Waals surface area contributed by atoms with E-state index >= 15 is 0 Å². The summed E-state index contributed by atoms with van der Waals surface area (Å²) in [6.07, 6.45) is 2.98. The maximum atomic E-state index is 6.19. The minimum absolute atomic E-state index is 0.208. The van der Waals surface area contributed by atoms with Gasteiger partial charge in [-0.15, -0.1) is 11.3 Å². The van der Waals surface area contributed by atoms with Gasteiger partial charge in [0.25, 0.3) is 0 Å². The van der Waals surface area contributed by atoms with Crippen molar-refractivity contribution in [2.24, 2.45) is 0 Å². The molecule has 0 bridgehead atoms. The molecule has 4 nitrogen and oxygen atoms in total. The van der Waals surface area contributed by atoms with Crippen LogP contribution in [0.2, 0.25) is 5.02 Å². The van der Waals surface area contributed by atoms with E-state index in [2.05, 4.69) is 24.1 Å². The van der Waals surface area contributed by atoms with E-state index < -0.39 is 0 Å². The first-order valence-corrected chi connectivity index (χ1v) is 8.12. The van der Waals surface area contributed by atoms with E-state index in [1.807, 2.05) is 18.3 Å². The summed E-state index contributed by atoms with van der Waals surface area (Å²) in [5.41, 5.74) is 1.07. The number of nitrogens with one attached hydrogen (secondary N) is 1. The predicted octanol–water partition coefficient (Wildman–Crippen LogP) is 3.94. The van der Waals surface area contributed by atoms with E-state index in [1.54, 1.807) is 11.3 Å². The van der Waals surface area contributed by atoms with Gasteiger partial charge in [-0.1, -0.05) is 18.5 Å². The standard InChI is InChI=1S/C15H17ClN2O2S/c1-3-11-7-18-15(21-11)9(2)17-6-10-4-12(16)14-13(5-10)19-8-20-14/h4-5,7,9,17H,3,6,8H2,1-2H3. The van der Waals surface area contributed by atoms with E-state index in [0.29, 0.717) is 17.3 Å². The highest BCUT2D eigenvalue weighted by Crippen LogP contribution is 2.39. The summed E-state index contributed by atoms with van der Waals surface area (Å²) >= 11 is 7.94. The molecule has 0 saturated carbocycles. The molecule has 1 aliphatic heterocycles. The lowest BCUT2D eigenvalue weighted by Gasteiger charge is -2.12. The lowest BCUT2D eigenvalue weighted by atomic mass is 10.2. The summed E-state index contributed by atoms with van der Waals surface area (Å²) in [5, 5.41) is 5.17. The summed E-state index contributed by atoms with van der Waals surface area (Å²) in [6, 6.07) is 4.08. The third-order valence-electron chi connectivity index (χ3n) is 3.39. The number of nitrogens with zero attached hydrogens (tertiary/aromatic N) is 1. The molecule has 2 heterocycles. The van der Waals surface area contributed by atoms with Crippen molar-refractivity contribution in [1.82, 2.24) is 10.3 Å². The Kier molecular flexibility index (Phi) is 4.33. The largest absolute Gasteiger partial charge is 0.454 e. The molecule has 112 valence electrons. The molecule has 0 aliphatic carbocycles. The second kappa shape index (κ2) is 6.22. The van der Waals surface area contributed by atoms with E-state index in [4.69, 9.17) is 21.1 Å². The van der Waals surface area contributed by atoms with Crippen molar-refractivity contribution in [3.8, 4) is 11.5 Å². The highest BCUT2D eigenvalue weighted by Gasteiger charge is 2.18. The van der Waals surface area contributed by atoms with Crippen LogP contribution in [0.25, 0.3) is 0 Å². The van der Waals surface area contributed by atoms with Crippen LogP contribution in [-0.4, -0.2) is 11.8 Å². The molecule has 1 atom stereocenters. The molecule has 1 aliphatic rings. The van der Waals surface area contributed by atoms with Crippen molar-refractivity contribution in [1.29, 1.82) is 0 Å². The molecule has 1 aromatic carbocycles. The van der Waals surface area contributed by atoms with Crippen LogP contribution in [-0.2, 0) is 13.0 Å². The molecule has 0 saturated heterocycles. The SMILES string of the molecule is CCc1cnc(C(C)NCc2cc(Cl)c3c(c2)OCO3)s1. The van der Waals surface area contributed by atoms with E-state index in [-0.39, 0.29) is 12.8 Å². The second-order valence-corrected chi connectivity index (χ2v) is 6.49. The third kappa shape index (κ3) is 3.15. The van der Waals surface area contributed by atoms with Gasteiger partial charge in [0.2, 0.25) is 6.79 Å². The van der Waals surface area contributed by atoms with Crippen molar-refractivity contribution in [2.45, 2.75) is 32.9 Å². The van der Waals surface area contributed by atoms with Crippen molar-refractivity contribution in [3.63, 3.8) is 0 Å². The minimum atomic E-state index is 0.208. The van der Waals surface area contributed by atoms with E-state index in [9.17, 15) is 0 Å². The normalized spacial score (nSPS) is 14.4. The van der Waals surface area contributed by atoms with Crippen LogP contribution in [0.15, 0.2) is 18.3 Å². The molecule has 0 radical (unpaired) electrons. The second-order valence-electron chi connectivity index (χ2n) is 4.93. The average Bonchev–Trinajstić information content (AvgIpc) is 3.13. The summed E-state index contributed by atoms with van der Waals surface area (Å²) in [4.78, 5) is 5.77. The molecule has 6 heteroatoms. The lowest BCUT2D eigenvalue weighted by molar-refractivity contribution is 0.174. The number of halogens is 1. The fraction of sp³-hybridized carbons (Fsp3) is 0.400. The topological polar surface area (TPSA) is 43.4 Å². The van der Waals surface area contributed by atoms with E-state index in [1.165, 1.54) is 4.88 Å². The Morgan fingerprint density at radius 2 is 2.29 bits per heavy atom. The molecule has 2 aromatic rings. The fourth-order valence-corrected chi connectivity index (χ4v) is 3.34. The molecule has 0 amide bonds. The van der Waals surface area contributed by atoms with Crippen LogP contribution in [0.4, 0.5) is 0 Å². The van der Waals surface area contributed by atoms with Gasteiger partial charge in [0.05, 0.1) is 11.1 Å². The van der Waals surface area contributed by atoms with Gasteiger partial charge in [0, 0.05) is 17.6 Å². The number of thiazole rings is 1. The van der Waals surface area contributed by atoms with Gasteiger partial charge < -0.3 is 14.8 Å². The van der Waals surface area contributed by atoms with Crippen LogP contribution >= 0.6 is 22.9 Å². The van der Waals surface area contributed by atoms with Gasteiger partial charge in [0.1, 0.15) is 5.01 Å². The zero-order chi connectivity index (χ0) is 14.8. The molecule has 0 fully saturated rings. The van der Waals surface area contributed by atoms with Crippen LogP contribution in [0.1, 0.15) is 35.3 Å². The maximum Gasteiger partial charge on any atom is 0.231 e. The number of benzene rings is 1. The molecule has 1 unspecified atom stereocenters. The summed E-state index contributed by atoms with van der Waals surface area (Å²) in [7, 11) is 0. The first-order chi connectivity index (χ1) is 10.2. The maximum absolute atomic E-state index is 6.19. The molecule has 1 N–H and O–H groups in total. The fourth-order valence-electron chi connectivity index (χ4n) is 2.17. The van der Waals surface area contributed by atoms with Crippen molar-refractivity contribution in [3.05, 3.63) is 38.8 Å².